The summed E-state index contributed by atoms with van der Waals surface area (Å²) in [5, 5.41) is 13.5. The molecule has 1 N–H and O–H groups in total. The maximum atomic E-state index is 12.0. The number of amides is 1. The summed E-state index contributed by atoms with van der Waals surface area (Å²) in [6, 6.07) is 8.10. The Morgan fingerprint density at radius 1 is 1.22 bits per heavy atom. The topological polar surface area (TPSA) is 67.8 Å². The van der Waals surface area contributed by atoms with Gasteiger partial charge < -0.3 is 5.32 Å². The Balaban J connectivity index is 1.48. The first-order valence-electron chi connectivity index (χ1n) is 7.59. The number of hydrogen-bond donors (Lipinski definition) is 1. The molecular weight excluding hydrogens is 328 g/mol. The molecular formula is C16H18N4OS2. The highest BCUT2D eigenvalue weighted by Gasteiger charge is 2.11. The Bertz CT molecular complexity index is 776. The molecule has 1 aromatic carbocycles. The van der Waals surface area contributed by atoms with Crippen molar-refractivity contribution in [2.24, 2.45) is 0 Å². The number of benzene rings is 1. The van der Waals surface area contributed by atoms with Gasteiger partial charge >= 0.3 is 0 Å². The standard InChI is InChI=1S/C16H18N4OS2/c1-10(2)15-19-20-16(23-15)18-13(21)8-5-9-14-17-11-6-3-4-7-12(11)22-14/h3-4,6-7,10H,5,8-9H2,1-2H3,(H,18,20,21). The molecule has 1 amide bonds. The van der Waals surface area contributed by atoms with E-state index >= 15 is 0 Å². The second-order valence-corrected chi connectivity index (χ2v) is 7.70. The summed E-state index contributed by atoms with van der Waals surface area (Å²) < 4.78 is 1.20. The van der Waals surface area contributed by atoms with Crippen LogP contribution in [0.3, 0.4) is 0 Å². The largest absolute Gasteiger partial charge is 0.301 e. The molecule has 0 fully saturated rings. The van der Waals surface area contributed by atoms with Gasteiger partial charge in [0.25, 0.3) is 0 Å². The lowest BCUT2D eigenvalue weighted by molar-refractivity contribution is -0.116. The molecule has 0 aliphatic carbocycles. The van der Waals surface area contributed by atoms with Crippen molar-refractivity contribution in [3.8, 4) is 0 Å². The summed E-state index contributed by atoms with van der Waals surface area (Å²) >= 11 is 3.13. The first-order valence-corrected chi connectivity index (χ1v) is 9.23. The van der Waals surface area contributed by atoms with Crippen LogP contribution in [-0.2, 0) is 11.2 Å². The number of carbonyl (C=O) groups is 1. The molecule has 0 aliphatic heterocycles. The summed E-state index contributed by atoms with van der Waals surface area (Å²) in [7, 11) is 0. The Labute approximate surface area is 142 Å². The van der Waals surface area contributed by atoms with Crippen molar-refractivity contribution >= 4 is 43.9 Å². The van der Waals surface area contributed by atoms with Crippen LogP contribution in [-0.4, -0.2) is 21.1 Å². The normalized spacial score (nSPS) is 11.3. The van der Waals surface area contributed by atoms with E-state index < -0.39 is 0 Å². The number of aromatic nitrogens is 3. The lowest BCUT2D eigenvalue weighted by atomic mass is 10.2. The summed E-state index contributed by atoms with van der Waals surface area (Å²) in [5.41, 5.74) is 1.03. The average molecular weight is 346 g/mol. The SMILES string of the molecule is CC(C)c1nnc(NC(=O)CCCc2nc3ccccc3s2)s1. The molecule has 0 atom stereocenters. The molecule has 2 aromatic heterocycles. The van der Waals surface area contributed by atoms with E-state index in [0.717, 1.165) is 28.4 Å². The minimum Gasteiger partial charge on any atom is -0.301 e. The lowest BCUT2D eigenvalue weighted by Gasteiger charge is -2.00. The van der Waals surface area contributed by atoms with Gasteiger partial charge in [0, 0.05) is 12.3 Å². The van der Waals surface area contributed by atoms with Crippen LogP contribution < -0.4 is 5.32 Å². The molecule has 3 rings (SSSR count). The second-order valence-electron chi connectivity index (χ2n) is 5.58. The maximum absolute atomic E-state index is 12.0. The fourth-order valence-corrected chi connectivity index (χ4v) is 3.90. The lowest BCUT2D eigenvalue weighted by Crippen LogP contribution is -2.11. The Morgan fingerprint density at radius 3 is 2.78 bits per heavy atom. The Morgan fingerprint density at radius 2 is 2.04 bits per heavy atom. The molecule has 2 heterocycles. The summed E-state index contributed by atoms with van der Waals surface area (Å²) in [6.45, 7) is 4.12. The van der Waals surface area contributed by atoms with Crippen LogP contribution in [0.5, 0.6) is 0 Å². The highest BCUT2D eigenvalue weighted by atomic mass is 32.1. The number of nitrogens with zero attached hydrogens (tertiary/aromatic N) is 3. The summed E-state index contributed by atoms with van der Waals surface area (Å²) in [5.74, 6) is 0.315. The highest BCUT2D eigenvalue weighted by Crippen LogP contribution is 2.24. The third-order valence-corrected chi connectivity index (χ3v) is 5.55. The summed E-state index contributed by atoms with van der Waals surface area (Å²) in [6.07, 6.45) is 2.06. The third-order valence-electron chi connectivity index (χ3n) is 3.31. The van der Waals surface area contributed by atoms with Crippen molar-refractivity contribution in [1.29, 1.82) is 0 Å². The fourth-order valence-electron chi connectivity index (χ4n) is 2.13. The van der Waals surface area contributed by atoms with E-state index in [4.69, 9.17) is 0 Å². The van der Waals surface area contributed by atoms with Gasteiger partial charge in [-0.2, -0.15) is 0 Å². The van der Waals surface area contributed by atoms with Gasteiger partial charge in [-0.3, -0.25) is 4.79 Å². The third kappa shape index (κ3) is 4.11. The number of thiazole rings is 1. The first kappa shape index (κ1) is 16.0. The number of aryl methyl sites for hydroxylation is 1. The van der Waals surface area contributed by atoms with E-state index in [1.807, 2.05) is 18.2 Å². The molecule has 7 heteroatoms. The van der Waals surface area contributed by atoms with Crippen molar-refractivity contribution in [3.05, 3.63) is 34.3 Å². The van der Waals surface area contributed by atoms with Gasteiger partial charge in [0.1, 0.15) is 5.01 Å². The quantitative estimate of drug-likeness (QED) is 0.725. The minimum atomic E-state index is -0.0161. The Kier molecular flexibility index (Phi) is 4.97. The van der Waals surface area contributed by atoms with Gasteiger partial charge in [-0.1, -0.05) is 37.3 Å². The minimum absolute atomic E-state index is 0.0161. The number of anilines is 1. The van der Waals surface area contributed by atoms with Crippen LogP contribution in [0.4, 0.5) is 5.13 Å². The van der Waals surface area contributed by atoms with E-state index in [2.05, 4.69) is 40.4 Å². The molecule has 23 heavy (non-hydrogen) atoms. The van der Waals surface area contributed by atoms with E-state index in [1.165, 1.54) is 16.0 Å². The van der Waals surface area contributed by atoms with Gasteiger partial charge in [0.05, 0.1) is 15.2 Å². The zero-order valence-electron chi connectivity index (χ0n) is 13.1. The predicted octanol–water partition coefficient (Wildman–Crippen LogP) is 4.23. The average Bonchev–Trinajstić information content (AvgIpc) is 3.13. The van der Waals surface area contributed by atoms with Crippen LogP contribution in [0.2, 0.25) is 0 Å². The molecule has 5 nitrogen and oxygen atoms in total. The van der Waals surface area contributed by atoms with Gasteiger partial charge in [-0.25, -0.2) is 4.98 Å². The molecule has 0 aliphatic rings. The molecule has 0 unspecified atom stereocenters. The van der Waals surface area contributed by atoms with E-state index in [1.54, 1.807) is 11.3 Å². The van der Waals surface area contributed by atoms with Gasteiger partial charge in [-0.15, -0.1) is 21.5 Å². The monoisotopic (exact) mass is 346 g/mol. The second kappa shape index (κ2) is 7.14. The van der Waals surface area contributed by atoms with Gasteiger partial charge in [0.15, 0.2) is 0 Å². The van der Waals surface area contributed by atoms with Crippen LogP contribution in [0.25, 0.3) is 10.2 Å². The highest BCUT2D eigenvalue weighted by molar-refractivity contribution is 7.18. The van der Waals surface area contributed by atoms with E-state index in [0.29, 0.717) is 17.5 Å². The number of rotatable bonds is 6. The molecule has 120 valence electrons. The molecule has 0 saturated heterocycles. The van der Waals surface area contributed by atoms with Crippen LogP contribution in [0, 0.1) is 0 Å². The van der Waals surface area contributed by atoms with Crippen molar-refractivity contribution in [1.82, 2.24) is 15.2 Å². The zero-order chi connectivity index (χ0) is 16.2. The number of para-hydroxylation sites is 1. The number of hydrogen-bond acceptors (Lipinski definition) is 6. The van der Waals surface area contributed by atoms with Crippen LogP contribution >= 0.6 is 22.7 Å². The Hall–Kier alpha value is -1.86. The van der Waals surface area contributed by atoms with Crippen molar-refractivity contribution in [2.45, 2.75) is 39.0 Å². The van der Waals surface area contributed by atoms with Crippen molar-refractivity contribution < 1.29 is 4.79 Å². The van der Waals surface area contributed by atoms with Crippen molar-refractivity contribution in [2.75, 3.05) is 5.32 Å². The van der Waals surface area contributed by atoms with Gasteiger partial charge in [-0.05, 0) is 25.0 Å². The van der Waals surface area contributed by atoms with E-state index in [9.17, 15) is 4.79 Å². The zero-order valence-corrected chi connectivity index (χ0v) is 14.7. The first-order chi connectivity index (χ1) is 11.1. The number of nitrogens with one attached hydrogen (secondary N) is 1. The number of carbonyl (C=O) groups excluding carboxylic acids is 1. The van der Waals surface area contributed by atoms with Crippen LogP contribution in [0.1, 0.15) is 42.6 Å². The summed E-state index contributed by atoms with van der Waals surface area (Å²) in [4.78, 5) is 16.5. The number of fused-ring (bicyclic) bond motifs is 1. The molecule has 0 bridgehead atoms. The van der Waals surface area contributed by atoms with Crippen LogP contribution in [0.15, 0.2) is 24.3 Å². The van der Waals surface area contributed by atoms with Gasteiger partial charge in [0.2, 0.25) is 11.0 Å². The maximum Gasteiger partial charge on any atom is 0.226 e. The molecule has 0 saturated carbocycles. The predicted molar refractivity (Wildman–Crippen MR) is 95.2 cm³/mol. The molecule has 3 aromatic rings. The smallest absolute Gasteiger partial charge is 0.226 e. The molecule has 0 radical (unpaired) electrons. The molecule has 0 spiro atoms. The fraction of sp³-hybridized carbons (Fsp3) is 0.375. The van der Waals surface area contributed by atoms with Crippen molar-refractivity contribution in [3.63, 3.8) is 0 Å². The van der Waals surface area contributed by atoms with E-state index in [-0.39, 0.29) is 5.91 Å².